The SMILES string of the molecule is C=C([O-])c1ccccc1C(F)(F)F. The average molecular weight is 187 g/mol. The van der Waals surface area contributed by atoms with Crippen molar-refractivity contribution in [2.24, 2.45) is 0 Å². The second kappa shape index (κ2) is 3.12. The van der Waals surface area contributed by atoms with Gasteiger partial charge in [0.1, 0.15) is 0 Å². The molecular formula is C9H6F3O-. The lowest BCUT2D eigenvalue weighted by molar-refractivity contribution is -0.244. The highest BCUT2D eigenvalue weighted by Crippen LogP contribution is 2.33. The van der Waals surface area contributed by atoms with Crippen molar-refractivity contribution in [3.8, 4) is 0 Å². The van der Waals surface area contributed by atoms with E-state index < -0.39 is 23.1 Å². The molecule has 0 aromatic heterocycles. The molecule has 0 spiro atoms. The topological polar surface area (TPSA) is 23.1 Å². The van der Waals surface area contributed by atoms with Crippen molar-refractivity contribution < 1.29 is 18.3 Å². The summed E-state index contributed by atoms with van der Waals surface area (Å²) in [5.41, 5.74) is -1.33. The molecule has 0 fully saturated rings. The van der Waals surface area contributed by atoms with Gasteiger partial charge in [0.15, 0.2) is 0 Å². The van der Waals surface area contributed by atoms with E-state index >= 15 is 0 Å². The molecule has 1 nitrogen and oxygen atoms in total. The molecule has 0 amide bonds. The summed E-state index contributed by atoms with van der Waals surface area (Å²) >= 11 is 0. The monoisotopic (exact) mass is 187 g/mol. The highest BCUT2D eigenvalue weighted by atomic mass is 19.4. The van der Waals surface area contributed by atoms with Crippen LogP contribution in [0.5, 0.6) is 0 Å². The Morgan fingerprint density at radius 1 is 1.23 bits per heavy atom. The van der Waals surface area contributed by atoms with Crippen LogP contribution in [0.1, 0.15) is 11.1 Å². The normalized spacial score (nSPS) is 11.3. The molecule has 0 bridgehead atoms. The van der Waals surface area contributed by atoms with Gasteiger partial charge in [0, 0.05) is 0 Å². The molecule has 4 heteroatoms. The molecule has 0 radical (unpaired) electrons. The van der Waals surface area contributed by atoms with Crippen molar-refractivity contribution in [3.63, 3.8) is 0 Å². The Hall–Kier alpha value is -1.45. The predicted molar refractivity (Wildman–Crippen MR) is 40.5 cm³/mol. The molecule has 70 valence electrons. The fourth-order valence-corrected chi connectivity index (χ4v) is 0.973. The van der Waals surface area contributed by atoms with Crippen LogP contribution in [0.3, 0.4) is 0 Å². The number of hydrogen-bond donors (Lipinski definition) is 0. The Kier molecular flexibility index (Phi) is 2.32. The predicted octanol–water partition coefficient (Wildman–Crippen LogP) is 2.04. The summed E-state index contributed by atoms with van der Waals surface area (Å²) in [6, 6.07) is 4.57. The van der Waals surface area contributed by atoms with Crippen molar-refractivity contribution in [1.29, 1.82) is 0 Å². The number of hydrogen-bond acceptors (Lipinski definition) is 1. The van der Waals surface area contributed by atoms with Gasteiger partial charge in [0.2, 0.25) is 0 Å². The Bertz CT molecular complexity index is 328. The first-order valence-electron chi connectivity index (χ1n) is 3.45. The van der Waals surface area contributed by atoms with E-state index in [2.05, 4.69) is 6.58 Å². The molecular weight excluding hydrogens is 181 g/mol. The zero-order valence-corrected chi connectivity index (χ0v) is 6.56. The largest absolute Gasteiger partial charge is 0.872 e. The van der Waals surface area contributed by atoms with Gasteiger partial charge in [-0.3, -0.25) is 0 Å². The van der Waals surface area contributed by atoms with E-state index in [4.69, 9.17) is 0 Å². The summed E-state index contributed by atoms with van der Waals surface area (Å²) in [5.74, 6) is -0.826. The molecule has 0 saturated heterocycles. The molecule has 1 rings (SSSR count). The Morgan fingerprint density at radius 3 is 2.15 bits per heavy atom. The maximum atomic E-state index is 12.2. The maximum absolute atomic E-state index is 12.2. The Labute approximate surface area is 73.1 Å². The third-order valence-corrected chi connectivity index (χ3v) is 1.53. The van der Waals surface area contributed by atoms with Gasteiger partial charge >= 0.3 is 6.18 Å². The van der Waals surface area contributed by atoms with Gasteiger partial charge in [-0.25, -0.2) is 0 Å². The second-order valence-electron chi connectivity index (χ2n) is 2.47. The van der Waals surface area contributed by atoms with Gasteiger partial charge in [-0.15, -0.1) is 12.3 Å². The van der Waals surface area contributed by atoms with Crippen molar-refractivity contribution in [1.82, 2.24) is 0 Å². The van der Waals surface area contributed by atoms with Crippen LogP contribution < -0.4 is 5.11 Å². The first-order valence-corrected chi connectivity index (χ1v) is 3.45. The summed E-state index contributed by atoms with van der Waals surface area (Å²) in [7, 11) is 0. The second-order valence-corrected chi connectivity index (χ2v) is 2.47. The highest BCUT2D eigenvalue weighted by Gasteiger charge is 2.32. The van der Waals surface area contributed by atoms with E-state index in [-0.39, 0.29) is 0 Å². The minimum atomic E-state index is -4.50. The van der Waals surface area contributed by atoms with Gasteiger partial charge in [0.05, 0.1) is 5.56 Å². The third-order valence-electron chi connectivity index (χ3n) is 1.53. The van der Waals surface area contributed by atoms with Crippen LogP contribution in [0.2, 0.25) is 0 Å². The Morgan fingerprint density at radius 2 is 1.77 bits per heavy atom. The van der Waals surface area contributed by atoms with E-state index in [9.17, 15) is 18.3 Å². The van der Waals surface area contributed by atoms with Crippen LogP contribution >= 0.6 is 0 Å². The molecule has 0 unspecified atom stereocenters. The van der Waals surface area contributed by atoms with Gasteiger partial charge in [-0.2, -0.15) is 13.2 Å². The average Bonchev–Trinajstić information content (AvgIpc) is 2.03. The maximum Gasteiger partial charge on any atom is 0.416 e. The number of halogens is 3. The lowest BCUT2D eigenvalue weighted by Crippen LogP contribution is -2.12. The number of benzene rings is 1. The molecule has 0 N–H and O–H groups in total. The van der Waals surface area contributed by atoms with E-state index in [1.54, 1.807) is 0 Å². The van der Waals surface area contributed by atoms with Crippen molar-refractivity contribution in [2.45, 2.75) is 6.18 Å². The molecule has 1 aromatic carbocycles. The van der Waals surface area contributed by atoms with E-state index in [0.29, 0.717) is 0 Å². The van der Waals surface area contributed by atoms with Gasteiger partial charge < -0.3 is 5.11 Å². The zero-order chi connectivity index (χ0) is 10.1. The minimum Gasteiger partial charge on any atom is -0.872 e. The fraction of sp³-hybridized carbons (Fsp3) is 0.111. The lowest BCUT2D eigenvalue weighted by Gasteiger charge is -2.16. The number of alkyl halides is 3. The highest BCUT2D eigenvalue weighted by molar-refractivity contribution is 5.59. The van der Waals surface area contributed by atoms with Crippen molar-refractivity contribution in [2.75, 3.05) is 0 Å². The molecule has 13 heavy (non-hydrogen) atoms. The molecule has 0 atom stereocenters. The lowest BCUT2D eigenvalue weighted by atomic mass is 10.1. The summed E-state index contributed by atoms with van der Waals surface area (Å²) in [4.78, 5) is 0. The van der Waals surface area contributed by atoms with Crippen molar-refractivity contribution in [3.05, 3.63) is 42.0 Å². The molecule has 0 aliphatic heterocycles. The minimum absolute atomic E-state index is 0.394. The first kappa shape index (κ1) is 9.64. The molecule has 0 aliphatic rings. The Balaban J connectivity index is 3.28. The third kappa shape index (κ3) is 2.02. The molecule has 1 aromatic rings. The van der Waals surface area contributed by atoms with Crippen LogP contribution in [-0.2, 0) is 6.18 Å². The van der Waals surface area contributed by atoms with Crippen LogP contribution in [0.4, 0.5) is 13.2 Å². The number of rotatable bonds is 1. The summed E-state index contributed by atoms with van der Waals surface area (Å²) < 4.78 is 36.7. The van der Waals surface area contributed by atoms with Crippen LogP contribution in [0.15, 0.2) is 30.8 Å². The van der Waals surface area contributed by atoms with Gasteiger partial charge in [-0.1, -0.05) is 18.2 Å². The summed E-state index contributed by atoms with van der Waals surface area (Å²) in [6.45, 7) is 2.94. The van der Waals surface area contributed by atoms with E-state index in [1.807, 2.05) is 0 Å². The van der Waals surface area contributed by atoms with Crippen molar-refractivity contribution >= 4 is 5.76 Å². The van der Waals surface area contributed by atoms with E-state index in [0.717, 1.165) is 12.1 Å². The standard InChI is InChI=1S/C9H7F3O/c1-6(13)7-4-2-3-5-8(7)9(10,11)12/h2-5,13H,1H2/p-1. The fourth-order valence-electron chi connectivity index (χ4n) is 0.973. The van der Waals surface area contributed by atoms with Crippen LogP contribution in [0, 0.1) is 0 Å². The van der Waals surface area contributed by atoms with Crippen LogP contribution in [-0.4, -0.2) is 0 Å². The summed E-state index contributed by atoms with van der Waals surface area (Å²) in [6.07, 6.45) is -4.50. The molecule has 0 saturated carbocycles. The summed E-state index contributed by atoms with van der Waals surface area (Å²) in [5, 5.41) is 10.7. The zero-order valence-electron chi connectivity index (χ0n) is 6.56. The first-order chi connectivity index (χ1) is 5.93. The molecule has 0 heterocycles. The van der Waals surface area contributed by atoms with Crippen LogP contribution in [0.25, 0.3) is 5.76 Å². The van der Waals surface area contributed by atoms with Gasteiger partial charge in [0.25, 0.3) is 0 Å². The molecule has 0 aliphatic carbocycles. The smallest absolute Gasteiger partial charge is 0.416 e. The van der Waals surface area contributed by atoms with Gasteiger partial charge in [-0.05, 0) is 11.6 Å². The quantitative estimate of drug-likeness (QED) is 0.617. The van der Waals surface area contributed by atoms with E-state index in [1.165, 1.54) is 12.1 Å².